The lowest BCUT2D eigenvalue weighted by molar-refractivity contribution is 0.0727. The van der Waals surface area contributed by atoms with Gasteiger partial charge in [-0.05, 0) is 12.1 Å². The maximum atomic E-state index is 9.54. The van der Waals surface area contributed by atoms with Gasteiger partial charge in [0, 0.05) is 19.7 Å². The van der Waals surface area contributed by atoms with Gasteiger partial charge >= 0.3 is 0 Å². The van der Waals surface area contributed by atoms with Crippen molar-refractivity contribution in [2.45, 2.75) is 6.10 Å². The van der Waals surface area contributed by atoms with Gasteiger partial charge in [0.05, 0.1) is 32.6 Å². The molecular formula is C12H19NO4. The molecule has 0 spiro atoms. The number of nitrogens with one attached hydrogen (secondary N) is 1. The number of aliphatic hydroxyl groups excluding tert-OH is 1. The van der Waals surface area contributed by atoms with Crippen molar-refractivity contribution < 1.29 is 19.3 Å². The summed E-state index contributed by atoms with van der Waals surface area (Å²) in [7, 11) is 4.75. The first-order valence-corrected chi connectivity index (χ1v) is 5.34. The highest BCUT2D eigenvalue weighted by Crippen LogP contribution is 2.28. The Morgan fingerprint density at radius 2 is 2.00 bits per heavy atom. The molecule has 0 aliphatic carbocycles. The third-order valence-electron chi connectivity index (χ3n) is 2.29. The van der Waals surface area contributed by atoms with Crippen LogP contribution in [0.25, 0.3) is 0 Å². The van der Waals surface area contributed by atoms with Crippen LogP contribution >= 0.6 is 0 Å². The molecule has 0 amide bonds. The molecule has 0 radical (unpaired) electrons. The highest BCUT2D eigenvalue weighted by atomic mass is 16.5. The lowest BCUT2D eigenvalue weighted by atomic mass is 10.2. The molecule has 0 aliphatic heterocycles. The Kier molecular flexibility index (Phi) is 5.59. The normalized spacial score (nSPS) is 12.0. The Bertz CT molecular complexity index is 343. The quantitative estimate of drug-likeness (QED) is 0.749. The molecule has 17 heavy (non-hydrogen) atoms. The summed E-state index contributed by atoms with van der Waals surface area (Å²) in [5, 5.41) is 12.6. The average molecular weight is 241 g/mol. The zero-order valence-electron chi connectivity index (χ0n) is 10.4. The van der Waals surface area contributed by atoms with Crippen molar-refractivity contribution in [1.29, 1.82) is 0 Å². The van der Waals surface area contributed by atoms with Gasteiger partial charge < -0.3 is 24.6 Å². The minimum Gasteiger partial charge on any atom is -0.497 e. The average Bonchev–Trinajstić information content (AvgIpc) is 2.36. The number of aliphatic hydroxyl groups is 1. The van der Waals surface area contributed by atoms with Gasteiger partial charge in [0.2, 0.25) is 0 Å². The van der Waals surface area contributed by atoms with Crippen LogP contribution in [0.3, 0.4) is 0 Å². The van der Waals surface area contributed by atoms with E-state index in [9.17, 15) is 5.11 Å². The summed E-state index contributed by atoms with van der Waals surface area (Å²) in [5.74, 6) is 1.44. The van der Waals surface area contributed by atoms with Crippen LogP contribution < -0.4 is 14.8 Å². The fraction of sp³-hybridized carbons (Fsp3) is 0.500. The van der Waals surface area contributed by atoms with Crippen LogP contribution in [-0.2, 0) is 4.74 Å². The van der Waals surface area contributed by atoms with Crippen molar-refractivity contribution in [3.05, 3.63) is 18.2 Å². The summed E-state index contributed by atoms with van der Waals surface area (Å²) in [4.78, 5) is 0. The van der Waals surface area contributed by atoms with E-state index in [1.165, 1.54) is 0 Å². The molecule has 1 atom stereocenters. The van der Waals surface area contributed by atoms with Crippen molar-refractivity contribution in [3.8, 4) is 11.5 Å². The topological polar surface area (TPSA) is 60.0 Å². The first kappa shape index (κ1) is 13.6. The summed E-state index contributed by atoms with van der Waals surface area (Å²) >= 11 is 0. The number of anilines is 1. The molecule has 0 bridgehead atoms. The standard InChI is InChI=1S/C12H19NO4/c1-15-8-9(14)7-13-11-6-10(16-2)4-5-12(11)17-3/h4-6,9,13-14H,7-8H2,1-3H3. The second-order valence-electron chi connectivity index (χ2n) is 3.56. The predicted octanol–water partition coefficient (Wildman–Crippen LogP) is 1.12. The minimum absolute atomic E-state index is 0.291. The molecule has 96 valence electrons. The van der Waals surface area contributed by atoms with E-state index in [4.69, 9.17) is 14.2 Å². The lowest BCUT2D eigenvalue weighted by Crippen LogP contribution is -2.24. The fourth-order valence-electron chi connectivity index (χ4n) is 1.43. The first-order valence-electron chi connectivity index (χ1n) is 5.34. The molecule has 0 fully saturated rings. The van der Waals surface area contributed by atoms with Crippen LogP contribution in [-0.4, -0.2) is 45.7 Å². The summed E-state index contributed by atoms with van der Waals surface area (Å²) in [6.45, 7) is 0.677. The molecular weight excluding hydrogens is 222 g/mol. The number of methoxy groups -OCH3 is 3. The van der Waals surface area contributed by atoms with Gasteiger partial charge in [0.25, 0.3) is 0 Å². The van der Waals surface area contributed by atoms with E-state index < -0.39 is 6.10 Å². The molecule has 5 heteroatoms. The molecule has 2 N–H and O–H groups in total. The Morgan fingerprint density at radius 3 is 2.59 bits per heavy atom. The molecule has 1 aromatic rings. The van der Waals surface area contributed by atoms with Crippen molar-refractivity contribution in [1.82, 2.24) is 0 Å². The number of hydrogen-bond acceptors (Lipinski definition) is 5. The molecule has 0 saturated heterocycles. The number of ether oxygens (including phenoxy) is 3. The highest BCUT2D eigenvalue weighted by Gasteiger charge is 2.07. The van der Waals surface area contributed by atoms with E-state index in [1.807, 2.05) is 18.2 Å². The van der Waals surface area contributed by atoms with Crippen molar-refractivity contribution in [3.63, 3.8) is 0 Å². The van der Waals surface area contributed by atoms with Gasteiger partial charge in [-0.2, -0.15) is 0 Å². The van der Waals surface area contributed by atoms with Gasteiger partial charge in [-0.1, -0.05) is 0 Å². The van der Waals surface area contributed by atoms with Gasteiger partial charge in [-0.3, -0.25) is 0 Å². The Balaban J connectivity index is 2.67. The van der Waals surface area contributed by atoms with E-state index in [2.05, 4.69) is 5.32 Å². The number of benzene rings is 1. The molecule has 5 nitrogen and oxygen atoms in total. The largest absolute Gasteiger partial charge is 0.497 e. The molecule has 1 aromatic carbocycles. The van der Waals surface area contributed by atoms with Crippen molar-refractivity contribution in [2.24, 2.45) is 0 Å². The molecule has 1 unspecified atom stereocenters. The highest BCUT2D eigenvalue weighted by molar-refractivity contribution is 5.59. The van der Waals surface area contributed by atoms with Crippen LogP contribution in [0.4, 0.5) is 5.69 Å². The third kappa shape index (κ3) is 4.13. The minimum atomic E-state index is -0.559. The second kappa shape index (κ2) is 6.98. The van der Waals surface area contributed by atoms with Crippen LogP contribution in [0.15, 0.2) is 18.2 Å². The number of rotatable bonds is 7. The van der Waals surface area contributed by atoms with Crippen LogP contribution in [0, 0.1) is 0 Å². The van der Waals surface area contributed by atoms with E-state index in [0.717, 1.165) is 11.4 Å². The van der Waals surface area contributed by atoms with Gasteiger partial charge in [-0.25, -0.2) is 0 Å². The van der Waals surface area contributed by atoms with E-state index in [-0.39, 0.29) is 0 Å². The number of hydrogen-bond donors (Lipinski definition) is 2. The van der Waals surface area contributed by atoms with Gasteiger partial charge in [-0.15, -0.1) is 0 Å². The Labute approximate surface area is 101 Å². The smallest absolute Gasteiger partial charge is 0.142 e. The van der Waals surface area contributed by atoms with Crippen LogP contribution in [0.1, 0.15) is 0 Å². The zero-order chi connectivity index (χ0) is 12.7. The molecule has 0 heterocycles. The Morgan fingerprint density at radius 1 is 1.24 bits per heavy atom. The SMILES string of the molecule is COCC(O)CNc1cc(OC)ccc1OC. The second-order valence-corrected chi connectivity index (χ2v) is 3.56. The van der Waals surface area contributed by atoms with Crippen LogP contribution in [0.5, 0.6) is 11.5 Å². The van der Waals surface area contributed by atoms with Crippen LogP contribution in [0.2, 0.25) is 0 Å². The third-order valence-corrected chi connectivity index (χ3v) is 2.29. The predicted molar refractivity (Wildman–Crippen MR) is 65.9 cm³/mol. The van der Waals surface area contributed by atoms with Gasteiger partial charge in [0.15, 0.2) is 0 Å². The molecule has 0 saturated carbocycles. The van der Waals surface area contributed by atoms with E-state index in [0.29, 0.717) is 18.9 Å². The Hall–Kier alpha value is -1.46. The maximum Gasteiger partial charge on any atom is 0.142 e. The lowest BCUT2D eigenvalue weighted by Gasteiger charge is -2.15. The summed E-state index contributed by atoms with van der Waals surface area (Å²) < 4.78 is 15.2. The van der Waals surface area contributed by atoms with E-state index in [1.54, 1.807) is 21.3 Å². The van der Waals surface area contributed by atoms with Gasteiger partial charge in [0.1, 0.15) is 11.5 Å². The molecule has 1 rings (SSSR count). The fourth-order valence-corrected chi connectivity index (χ4v) is 1.43. The summed E-state index contributed by atoms with van der Waals surface area (Å²) in [5.41, 5.74) is 0.780. The monoisotopic (exact) mass is 241 g/mol. The maximum absolute atomic E-state index is 9.54. The first-order chi connectivity index (χ1) is 8.21. The molecule has 0 aliphatic rings. The zero-order valence-corrected chi connectivity index (χ0v) is 10.4. The summed E-state index contributed by atoms with van der Waals surface area (Å²) in [6.07, 6.45) is -0.559. The summed E-state index contributed by atoms with van der Waals surface area (Å²) in [6, 6.07) is 5.44. The van der Waals surface area contributed by atoms with Crippen molar-refractivity contribution in [2.75, 3.05) is 39.8 Å². The van der Waals surface area contributed by atoms with Crippen molar-refractivity contribution >= 4 is 5.69 Å². The molecule has 0 aromatic heterocycles. The van der Waals surface area contributed by atoms with E-state index >= 15 is 0 Å².